The van der Waals surface area contributed by atoms with E-state index >= 15 is 0 Å². The molecule has 4 heterocycles. The molecule has 0 saturated heterocycles. The summed E-state index contributed by atoms with van der Waals surface area (Å²) in [6, 6.07) is 37.5. The molecule has 6 aromatic carbocycles. The summed E-state index contributed by atoms with van der Waals surface area (Å²) in [5, 5.41) is 9.13. The SMILES string of the molecule is CC1(C)CCC(C)(C)c2cc(N3B4c5ccc6sc7ccccc7c6c5Nc5cc6c(oc7ccccc76)c(c54)-c4cc5c(cc43)C(C)(C)CCC5(C)C)ccc21. The van der Waals surface area contributed by atoms with E-state index in [1.54, 1.807) is 0 Å². The lowest BCUT2D eigenvalue weighted by Crippen LogP contribution is -2.60. The molecule has 3 nitrogen and oxygen atoms in total. The molecule has 1 N–H and O–H groups in total. The molecule has 4 aliphatic rings. The normalized spacial score (nSPS) is 19.2. The predicted octanol–water partition coefficient (Wildman–Crippen LogP) is 13.6. The minimum atomic E-state index is -0.0741. The molecular formula is C52H49BN2OS. The van der Waals surface area contributed by atoms with Gasteiger partial charge in [0.2, 0.25) is 0 Å². The lowest BCUT2D eigenvalue weighted by atomic mass is 9.43. The van der Waals surface area contributed by atoms with E-state index in [9.17, 15) is 0 Å². The van der Waals surface area contributed by atoms with Gasteiger partial charge in [0, 0.05) is 64.8 Å². The number of para-hydroxylation sites is 1. The van der Waals surface area contributed by atoms with Crippen LogP contribution in [0.5, 0.6) is 0 Å². The second-order valence-corrected chi connectivity index (χ2v) is 21.4. The molecule has 2 aliphatic carbocycles. The highest BCUT2D eigenvalue weighted by molar-refractivity contribution is 7.26. The monoisotopic (exact) mass is 760 g/mol. The van der Waals surface area contributed by atoms with Crippen LogP contribution in [0.1, 0.15) is 103 Å². The van der Waals surface area contributed by atoms with E-state index in [2.05, 4.69) is 163 Å². The highest BCUT2D eigenvalue weighted by Crippen LogP contribution is 2.55. The average molecular weight is 761 g/mol. The number of rotatable bonds is 1. The van der Waals surface area contributed by atoms with Gasteiger partial charge in [0.15, 0.2) is 0 Å². The maximum absolute atomic E-state index is 7.04. The fourth-order valence-electron chi connectivity index (χ4n) is 11.4. The number of fused-ring (bicyclic) bond motifs is 14. The van der Waals surface area contributed by atoms with Crippen molar-refractivity contribution in [2.24, 2.45) is 0 Å². The van der Waals surface area contributed by atoms with Crippen LogP contribution in [-0.4, -0.2) is 6.85 Å². The van der Waals surface area contributed by atoms with Crippen molar-refractivity contribution in [3.63, 3.8) is 0 Å². The van der Waals surface area contributed by atoms with Crippen LogP contribution in [0, 0.1) is 0 Å². The van der Waals surface area contributed by atoms with Crippen LogP contribution in [0.3, 0.4) is 0 Å². The van der Waals surface area contributed by atoms with Crippen LogP contribution in [0.25, 0.3) is 53.2 Å². The number of nitrogens with zero attached hydrogens (tertiary/aromatic N) is 1. The third kappa shape index (κ3) is 4.50. The van der Waals surface area contributed by atoms with Crippen molar-refractivity contribution in [1.82, 2.24) is 0 Å². The quantitative estimate of drug-likeness (QED) is 0.169. The fourth-order valence-corrected chi connectivity index (χ4v) is 12.6. The van der Waals surface area contributed by atoms with Crippen molar-refractivity contribution < 1.29 is 4.42 Å². The summed E-state index contributed by atoms with van der Waals surface area (Å²) in [7, 11) is 0. The standard InChI is InChI=1S/C52H49BN2OS/c1-49(2)21-22-50(3,4)35-25-29(17-18-34(35)49)55-40-28-37-36(51(5,6)23-24-52(37,7)8)26-33(40)45-46-39(27-32-30-13-9-11-15-41(30)56-48(32)45)54-47-38(53(46)55)19-20-43-44(47)31-14-10-12-16-42(31)57-43/h9-20,25-28,54H,21-24H2,1-8H3. The predicted molar refractivity (Wildman–Crippen MR) is 246 cm³/mol. The Bertz CT molecular complexity index is 3090. The van der Waals surface area contributed by atoms with Gasteiger partial charge in [0.05, 0.1) is 0 Å². The van der Waals surface area contributed by atoms with E-state index in [0.29, 0.717) is 0 Å². The molecule has 0 saturated carbocycles. The highest BCUT2D eigenvalue weighted by atomic mass is 32.1. The first-order valence-corrected chi connectivity index (χ1v) is 21.9. The van der Waals surface area contributed by atoms with Gasteiger partial charge in [0.1, 0.15) is 11.2 Å². The molecule has 2 aliphatic heterocycles. The van der Waals surface area contributed by atoms with Gasteiger partial charge in [-0.25, -0.2) is 0 Å². The Morgan fingerprint density at radius 2 is 1.26 bits per heavy atom. The maximum Gasteiger partial charge on any atom is 0.333 e. The molecule has 12 rings (SSSR count). The average Bonchev–Trinajstić information content (AvgIpc) is 3.76. The molecule has 8 aromatic rings. The van der Waals surface area contributed by atoms with E-state index in [-0.39, 0.29) is 28.5 Å². The number of hydrogen-bond acceptors (Lipinski definition) is 4. The van der Waals surface area contributed by atoms with Crippen molar-refractivity contribution in [2.75, 3.05) is 10.1 Å². The van der Waals surface area contributed by atoms with Crippen molar-refractivity contribution in [3.8, 4) is 11.1 Å². The number of benzene rings is 6. The highest BCUT2D eigenvalue weighted by Gasteiger charge is 2.48. The maximum atomic E-state index is 7.04. The van der Waals surface area contributed by atoms with E-state index in [1.807, 2.05) is 11.3 Å². The molecule has 2 aromatic heterocycles. The van der Waals surface area contributed by atoms with Gasteiger partial charge >= 0.3 is 6.85 Å². The molecule has 0 atom stereocenters. The van der Waals surface area contributed by atoms with Gasteiger partial charge in [-0.2, -0.15) is 0 Å². The minimum absolute atomic E-state index is 0.0536. The summed E-state index contributed by atoms with van der Waals surface area (Å²) >= 11 is 1.89. The lowest BCUT2D eigenvalue weighted by Gasteiger charge is -2.47. The van der Waals surface area contributed by atoms with Gasteiger partial charge in [-0.15, -0.1) is 11.3 Å². The summed E-state index contributed by atoms with van der Waals surface area (Å²) in [6.45, 7) is 19.6. The Balaban J connectivity index is 1.25. The third-order valence-electron chi connectivity index (χ3n) is 15.0. The van der Waals surface area contributed by atoms with Gasteiger partial charge in [0.25, 0.3) is 0 Å². The zero-order valence-electron chi connectivity index (χ0n) is 34.4. The van der Waals surface area contributed by atoms with Crippen molar-refractivity contribution in [1.29, 1.82) is 0 Å². The van der Waals surface area contributed by atoms with Crippen LogP contribution in [0.2, 0.25) is 0 Å². The third-order valence-corrected chi connectivity index (χ3v) is 16.1. The van der Waals surface area contributed by atoms with Gasteiger partial charge < -0.3 is 14.5 Å². The molecular weight excluding hydrogens is 711 g/mol. The topological polar surface area (TPSA) is 28.4 Å². The Hall–Kier alpha value is -5.00. The second kappa shape index (κ2) is 10.9. The molecule has 57 heavy (non-hydrogen) atoms. The molecule has 5 heteroatoms. The van der Waals surface area contributed by atoms with Crippen LogP contribution in [0.15, 0.2) is 101 Å². The zero-order valence-corrected chi connectivity index (χ0v) is 35.2. The van der Waals surface area contributed by atoms with Crippen molar-refractivity contribution in [2.45, 2.75) is 103 Å². The Kier molecular flexibility index (Phi) is 6.54. The molecule has 0 unspecified atom stereocenters. The molecule has 0 fully saturated rings. The lowest BCUT2D eigenvalue weighted by molar-refractivity contribution is 0.332. The number of anilines is 4. The minimum Gasteiger partial charge on any atom is -0.455 e. The van der Waals surface area contributed by atoms with Crippen LogP contribution in [-0.2, 0) is 21.7 Å². The smallest absolute Gasteiger partial charge is 0.333 e. The summed E-state index contributed by atoms with van der Waals surface area (Å²) in [5.74, 6) is 0. The van der Waals surface area contributed by atoms with Gasteiger partial charge in [-0.05, 0) is 129 Å². The van der Waals surface area contributed by atoms with Crippen LogP contribution in [0.4, 0.5) is 22.7 Å². The van der Waals surface area contributed by atoms with Crippen LogP contribution >= 0.6 is 11.3 Å². The first kappa shape index (κ1) is 34.1. The molecule has 0 spiro atoms. The van der Waals surface area contributed by atoms with E-state index in [0.717, 1.165) is 16.6 Å². The molecule has 0 amide bonds. The summed E-state index contributed by atoms with van der Waals surface area (Å²) in [6.07, 6.45) is 4.72. The Labute approximate surface area is 340 Å². The molecule has 0 radical (unpaired) electrons. The van der Waals surface area contributed by atoms with Crippen LogP contribution < -0.4 is 21.1 Å². The molecule has 0 bridgehead atoms. The van der Waals surface area contributed by atoms with E-state index < -0.39 is 0 Å². The number of thiophene rings is 1. The Morgan fingerprint density at radius 1 is 0.614 bits per heavy atom. The summed E-state index contributed by atoms with van der Waals surface area (Å²) < 4.78 is 9.69. The van der Waals surface area contributed by atoms with E-state index in [1.165, 1.54) is 118 Å². The number of furan rings is 1. The number of hydrogen-bond donors (Lipinski definition) is 1. The first-order chi connectivity index (χ1) is 27.2. The molecule has 282 valence electrons. The van der Waals surface area contributed by atoms with E-state index in [4.69, 9.17) is 4.42 Å². The second-order valence-electron chi connectivity index (χ2n) is 20.3. The summed E-state index contributed by atoms with van der Waals surface area (Å²) in [4.78, 5) is 2.74. The Morgan fingerprint density at radius 3 is 2.02 bits per heavy atom. The first-order valence-electron chi connectivity index (χ1n) is 21.0. The summed E-state index contributed by atoms with van der Waals surface area (Å²) in [5.41, 5.74) is 18.3. The largest absolute Gasteiger partial charge is 0.455 e. The van der Waals surface area contributed by atoms with Crippen molar-refractivity contribution in [3.05, 3.63) is 119 Å². The fraction of sp³-hybridized carbons (Fsp3) is 0.308. The zero-order chi connectivity index (χ0) is 39.0. The number of nitrogens with one attached hydrogen (secondary N) is 1. The van der Waals surface area contributed by atoms with Crippen molar-refractivity contribution >= 4 is 94.0 Å². The van der Waals surface area contributed by atoms with Gasteiger partial charge in [-0.1, -0.05) is 104 Å². The van der Waals surface area contributed by atoms with Gasteiger partial charge in [-0.3, -0.25) is 0 Å².